The average molecular weight is 269 g/mol. The molecule has 0 heterocycles. The number of nitrogens with two attached hydrogens (primary N) is 1. The molecule has 1 rings (SSSR count). The predicted molar refractivity (Wildman–Crippen MR) is 75.3 cm³/mol. The number of hydrogen-bond acceptors (Lipinski definition) is 2. The molecule has 0 aliphatic carbocycles. The van der Waals surface area contributed by atoms with Crippen molar-refractivity contribution in [2.24, 2.45) is 17.6 Å². The van der Waals surface area contributed by atoms with Gasteiger partial charge < -0.3 is 11.1 Å². The Kier molecular flexibility index (Phi) is 6.16. The van der Waals surface area contributed by atoms with Gasteiger partial charge in [-0.25, -0.2) is 0 Å². The molecule has 0 spiro atoms. The Morgan fingerprint density at radius 2 is 1.94 bits per heavy atom. The molecule has 0 bridgehead atoms. The van der Waals surface area contributed by atoms with Crippen molar-refractivity contribution in [2.75, 3.05) is 6.54 Å². The van der Waals surface area contributed by atoms with Crippen LogP contribution in [0.5, 0.6) is 0 Å². The first-order valence-corrected chi connectivity index (χ1v) is 6.63. The summed E-state index contributed by atoms with van der Waals surface area (Å²) < 4.78 is 0. The number of carbonyl (C=O) groups excluding carboxylic acids is 1. The molecule has 0 saturated heterocycles. The van der Waals surface area contributed by atoms with Crippen LogP contribution < -0.4 is 11.1 Å². The molecule has 3 N–H and O–H groups in total. The fourth-order valence-corrected chi connectivity index (χ4v) is 1.94. The molecule has 1 unspecified atom stereocenters. The number of halogens is 1. The van der Waals surface area contributed by atoms with Crippen molar-refractivity contribution < 1.29 is 4.79 Å². The Hall–Kier alpha value is -1.06. The second-order valence-electron chi connectivity index (χ2n) is 4.91. The van der Waals surface area contributed by atoms with Gasteiger partial charge in [0.2, 0.25) is 5.91 Å². The molecule has 1 amide bonds. The fourth-order valence-electron chi connectivity index (χ4n) is 1.82. The molecule has 0 aliphatic heterocycles. The third-order valence-corrected chi connectivity index (χ3v) is 3.04. The summed E-state index contributed by atoms with van der Waals surface area (Å²) in [5, 5.41) is 3.61. The molecule has 0 aromatic heterocycles. The fraction of sp³-hybridized carbons (Fsp3) is 0.500. The highest BCUT2D eigenvalue weighted by Gasteiger charge is 2.17. The summed E-state index contributed by atoms with van der Waals surface area (Å²) in [6.07, 6.45) is 0.822. The Balaban J connectivity index is 2.46. The molecule has 0 fully saturated rings. The largest absolute Gasteiger partial charge is 0.352 e. The molecule has 18 heavy (non-hydrogen) atoms. The number of benzene rings is 1. The lowest BCUT2D eigenvalue weighted by molar-refractivity contribution is -0.125. The van der Waals surface area contributed by atoms with E-state index in [1.165, 1.54) is 0 Å². The second-order valence-corrected chi connectivity index (χ2v) is 5.34. The first-order chi connectivity index (χ1) is 8.52. The zero-order chi connectivity index (χ0) is 13.5. The number of nitrogens with one attached hydrogen (secondary N) is 1. The van der Waals surface area contributed by atoms with Gasteiger partial charge in [-0.05, 0) is 30.0 Å². The molecular weight excluding hydrogens is 248 g/mol. The number of amides is 1. The van der Waals surface area contributed by atoms with Gasteiger partial charge in [0.25, 0.3) is 0 Å². The molecule has 1 aromatic rings. The maximum atomic E-state index is 11.9. The summed E-state index contributed by atoms with van der Waals surface area (Å²) in [6.45, 7) is 5.10. The van der Waals surface area contributed by atoms with Crippen LogP contribution >= 0.6 is 11.6 Å². The van der Waals surface area contributed by atoms with Crippen LogP contribution in [-0.4, -0.2) is 12.5 Å². The normalized spacial score (nSPS) is 12.5. The SMILES string of the molecule is CC(C)CC(CN)C(=O)NCc1ccc(Cl)cc1. The lowest BCUT2D eigenvalue weighted by Crippen LogP contribution is -2.35. The van der Waals surface area contributed by atoms with Crippen molar-refractivity contribution in [3.05, 3.63) is 34.9 Å². The van der Waals surface area contributed by atoms with Gasteiger partial charge in [0.05, 0.1) is 5.92 Å². The first-order valence-electron chi connectivity index (χ1n) is 6.25. The van der Waals surface area contributed by atoms with Crippen LogP contribution in [0.15, 0.2) is 24.3 Å². The summed E-state index contributed by atoms with van der Waals surface area (Å²) in [6, 6.07) is 7.44. The summed E-state index contributed by atoms with van der Waals surface area (Å²) in [7, 11) is 0. The maximum Gasteiger partial charge on any atom is 0.224 e. The summed E-state index contributed by atoms with van der Waals surface area (Å²) in [4.78, 5) is 11.9. The molecule has 0 aliphatic rings. The Labute approximate surface area is 114 Å². The lowest BCUT2D eigenvalue weighted by Gasteiger charge is -2.16. The van der Waals surface area contributed by atoms with Crippen molar-refractivity contribution in [3.63, 3.8) is 0 Å². The van der Waals surface area contributed by atoms with E-state index < -0.39 is 0 Å². The highest BCUT2D eigenvalue weighted by molar-refractivity contribution is 6.30. The third-order valence-electron chi connectivity index (χ3n) is 2.79. The standard InChI is InChI=1S/C14H21ClN2O/c1-10(2)7-12(8-16)14(18)17-9-11-3-5-13(15)6-4-11/h3-6,10,12H,7-9,16H2,1-2H3,(H,17,18). The number of hydrogen-bond donors (Lipinski definition) is 2. The van der Waals surface area contributed by atoms with Crippen LogP contribution in [0.2, 0.25) is 5.02 Å². The van der Waals surface area contributed by atoms with Crippen molar-refractivity contribution in [3.8, 4) is 0 Å². The van der Waals surface area contributed by atoms with Crippen LogP contribution in [0.25, 0.3) is 0 Å². The van der Waals surface area contributed by atoms with Gasteiger partial charge in [-0.3, -0.25) is 4.79 Å². The minimum atomic E-state index is -0.0997. The highest BCUT2D eigenvalue weighted by Crippen LogP contribution is 2.12. The lowest BCUT2D eigenvalue weighted by atomic mass is 9.96. The molecule has 3 nitrogen and oxygen atoms in total. The van der Waals surface area contributed by atoms with Crippen LogP contribution in [-0.2, 0) is 11.3 Å². The third kappa shape index (κ3) is 5.07. The second kappa shape index (κ2) is 7.39. The molecule has 1 atom stereocenters. The molecule has 100 valence electrons. The first kappa shape index (κ1) is 15.0. The number of carbonyl (C=O) groups is 1. The Morgan fingerprint density at radius 1 is 1.33 bits per heavy atom. The van der Waals surface area contributed by atoms with Gasteiger partial charge >= 0.3 is 0 Å². The summed E-state index contributed by atoms with van der Waals surface area (Å²) in [5.74, 6) is 0.401. The van der Waals surface area contributed by atoms with E-state index in [1.54, 1.807) is 0 Å². The van der Waals surface area contributed by atoms with Gasteiger partial charge in [-0.2, -0.15) is 0 Å². The van der Waals surface area contributed by atoms with E-state index in [0.717, 1.165) is 12.0 Å². The van der Waals surface area contributed by atoms with E-state index in [0.29, 0.717) is 24.0 Å². The van der Waals surface area contributed by atoms with E-state index >= 15 is 0 Å². The quantitative estimate of drug-likeness (QED) is 0.833. The van der Waals surface area contributed by atoms with Crippen LogP contribution in [0.1, 0.15) is 25.8 Å². The van der Waals surface area contributed by atoms with E-state index in [9.17, 15) is 4.79 Å². The predicted octanol–water partition coefficient (Wildman–Crippen LogP) is 2.58. The van der Waals surface area contributed by atoms with E-state index in [4.69, 9.17) is 17.3 Å². The topological polar surface area (TPSA) is 55.1 Å². The average Bonchev–Trinajstić information content (AvgIpc) is 2.34. The van der Waals surface area contributed by atoms with Gasteiger partial charge in [0, 0.05) is 18.1 Å². The smallest absolute Gasteiger partial charge is 0.224 e. The van der Waals surface area contributed by atoms with Crippen LogP contribution in [0.3, 0.4) is 0 Å². The van der Waals surface area contributed by atoms with Crippen molar-refractivity contribution >= 4 is 17.5 Å². The zero-order valence-corrected chi connectivity index (χ0v) is 11.7. The molecule has 1 aromatic carbocycles. The van der Waals surface area contributed by atoms with Gasteiger partial charge in [-0.15, -0.1) is 0 Å². The van der Waals surface area contributed by atoms with Crippen LogP contribution in [0, 0.1) is 11.8 Å². The van der Waals surface area contributed by atoms with Crippen LogP contribution in [0.4, 0.5) is 0 Å². The van der Waals surface area contributed by atoms with Crippen molar-refractivity contribution in [2.45, 2.75) is 26.8 Å². The van der Waals surface area contributed by atoms with Gasteiger partial charge in [-0.1, -0.05) is 37.6 Å². The molecule has 0 saturated carbocycles. The Bertz CT molecular complexity index is 376. The molecule has 0 radical (unpaired) electrons. The number of rotatable bonds is 6. The van der Waals surface area contributed by atoms with Gasteiger partial charge in [0.1, 0.15) is 0 Å². The highest BCUT2D eigenvalue weighted by atomic mass is 35.5. The van der Waals surface area contributed by atoms with Gasteiger partial charge in [0.15, 0.2) is 0 Å². The molecule has 4 heteroatoms. The van der Waals surface area contributed by atoms with E-state index in [2.05, 4.69) is 19.2 Å². The summed E-state index contributed by atoms with van der Waals surface area (Å²) >= 11 is 5.80. The summed E-state index contributed by atoms with van der Waals surface area (Å²) in [5.41, 5.74) is 6.67. The zero-order valence-electron chi connectivity index (χ0n) is 10.9. The van der Waals surface area contributed by atoms with Crippen molar-refractivity contribution in [1.29, 1.82) is 0 Å². The molecular formula is C14H21ClN2O. The minimum absolute atomic E-state index is 0.0288. The maximum absolute atomic E-state index is 11.9. The van der Waals surface area contributed by atoms with Crippen molar-refractivity contribution in [1.82, 2.24) is 5.32 Å². The minimum Gasteiger partial charge on any atom is -0.352 e. The Morgan fingerprint density at radius 3 is 2.44 bits per heavy atom. The monoisotopic (exact) mass is 268 g/mol. The van der Waals surface area contributed by atoms with E-state index in [-0.39, 0.29) is 11.8 Å². The van der Waals surface area contributed by atoms with E-state index in [1.807, 2.05) is 24.3 Å².